The Morgan fingerprint density at radius 2 is 2.06 bits per heavy atom. The van der Waals surface area contributed by atoms with Gasteiger partial charge in [0, 0.05) is 12.6 Å². The maximum atomic E-state index is 12.1. The third-order valence-electron chi connectivity index (χ3n) is 3.57. The van der Waals surface area contributed by atoms with Gasteiger partial charge >= 0.3 is 12.0 Å². The zero-order chi connectivity index (χ0) is 13.7. The number of piperidine rings is 1. The predicted molar refractivity (Wildman–Crippen MR) is 69.4 cm³/mol. The number of nitrogens with one attached hydrogen (secondary N) is 1. The molecule has 1 aliphatic rings. The highest BCUT2D eigenvalue weighted by Gasteiger charge is 2.30. The van der Waals surface area contributed by atoms with Crippen LogP contribution < -0.4 is 5.32 Å². The van der Waals surface area contributed by atoms with Gasteiger partial charge in [0.15, 0.2) is 0 Å². The standard InChI is InChI=1S/C13H24N2O3/c1-4-10-7-5-6-8-15(10)13(18)14-11(9(2)3)12(16)17/h9-11H,4-8H2,1-3H3,(H,14,18)(H,16,17)/t10?,11-/m0/s1. The minimum Gasteiger partial charge on any atom is -0.480 e. The van der Waals surface area contributed by atoms with Crippen molar-refractivity contribution in [2.24, 2.45) is 5.92 Å². The molecule has 0 bridgehead atoms. The first-order valence-corrected chi connectivity index (χ1v) is 6.77. The first-order valence-electron chi connectivity index (χ1n) is 6.77. The second-order valence-corrected chi connectivity index (χ2v) is 5.26. The summed E-state index contributed by atoms with van der Waals surface area (Å²) in [5.41, 5.74) is 0. The number of amides is 2. The van der Waals surface area contributed by atoms with E-state index < -0.39 is 12.0 Å². The summed E-state index contributed by atoms with van der Waals surface area (Å²) >= 11 is 0. The Labute approximate surface area is 109 Å². The highest BCUT2D eigenvalue weighted by Crippen LogP contribution is 2.19. The molecule has 0 aromatic carbocycles. The Morgan fingerprint density at radius 3 is 2.56 bits per heavy atom. The highest BCUT2D eigenvalue weighted by atomic mass is 16.4. The summed E-state index contributed by atoms with van der Waals surface area (Å²) < 4.78 is 0. The van der Waals surface area contributed by atoms with Crippen LogP contribution in [0.1, 0.15) is 46.5 Å². The number of carbonyl (C=O) groups is 2. The third kappa shape index (κ3) is 3.62. The Bertz CT molecular complexity index is 305. The molecule has 104 valence electrons. The van der Waals surface area contributed by atoms with E-state index in [1.54, 1.807) is 18.7 Å². The molecule has 0 radical (unpaired) electrons. The fraction of sp³-hybridized carbons (Fsp3) is 0.846. The number of carboxylic acid groups (broad SMARTS) is 1. The first kappa shape index (κ1) is 14.8. The van der Waals surface area contributed by atoms with Crippen LogP contribution >= 0.6 is 0 Å². The van der Waals surface area contributed by atoms with Gasteiger partial charge < -0.3 is 15.3 Å². The monoisotopic (exact) mass is 256 g/mol. The van der Waals surface area contributed by atoms with E-state index in [0.717, 1.165) is 32.2 Å². The van der Waals surface area contributed by atoms with Crippen molar-refractivity contribution in [3.05, 3.63) is 0 Å². The molecule has 5 heteroatoms. The van der Waals surface area contributed by atoms with E-state index in [-0.39, 0.29) is 18.0 Å². The number of rotatable bonds is 4. The number of urea groups is 1. The smallest absolute Gasteiger partial charge is 0.326 e. The van der Waals surface area contributed by atoms with Gasteiger partial charge in [-0.3, -0.25) is 0 Å². The van der Waals surface area contributed by atoms with Crippen LogP contribution in [0.4, 0.5) is 4.79 Å². The lowest BCUT2D eigenvalue weighted by molar-refractivity contribution is -0.140. The molecule has 1 aliphatic heterocycles. The van der Waals surface area contributed by atoms with Crippen LogP contribution in [0, 0.1) is 5.92 Å². The topological polar surface area (TPSA) is 69.6 Å². The molecule has 0 aliphatic carbocycles. The molecule has 1 fully saturated rings. The van der Waals surface area contributed by atoms with Crippen molar-refractivity contribution < 1.29 is 14.7 Å². The number of hydrogen-bond acceptors (Lipinski definition) is 2. The van der Waals surface area contributed by atoms with Gasteiger partial charge in [0.2, 0.25) is 0 Å². The largest absolute Gasteiger partial charge is 0.480 e. The van der Waals surface area contributed by atoms with Crippen LogP contribution in [0.3, 0.4) is 0 Å². The van der Waals surface area contributed by atoms with E-state index in [1.807, 2.05) is 0 Å². The Hall–Kier alpha value is -1.26. The minimum atomic E-state index is -0.969. The summed E-state index contributed by atoms with van der Waals surface area (Å²) in [5.74, 6) is -1.08. The van der Waals surface area contributed by atoms with E-state index in [9.17, 15) is 9.59 Å². The summed E-state index contributed by atoms with van der Waals surface area (Å²) in [6.45, 7) is 6.39. The van der Waals surface area contributed by atoms with Crippen LogP contribution in [0.25, 0.3) is 0 Å². The van der Waals surface area contributed by atoms with E-state index in [4.69, 9.17) is 5.11 Å². The Balaban J connectivity index is 2.64. The Morgan fingerprint density at radius 1 is 1.39 bits per heavy atom. The van der Waals surface area contributed by atoms with Crippen molar-refractivity contribution in [3.63, 3.8) is 0 Å². The molecule has 18 heavy (non-hydrogen) atoms. The number of likely N-dealkylation sites (tertiary alicyclic amines) is 1. The second kappa shape index (κ2) is 6.61. The van der Waals surface area contributed by atoms with Crippen LogP contribution in [0.5, 0.6) is 0 Å². The van der Waals surface area contributed by atoms with Gasteiger partial charge in [-0.2, -0.15) is 0 Å². The van der Waals surface area contributed by atoms with E-state index in [2.05, 4.69) is 12.2 Å². The molecular weight excluding hydrogens is 232 g/mol. The average Bonchev–Trinajstić information content (AvgIpc) is 2.34. The maximum absolute atomic E-state index is 12.1. The lowest BCUT2D eigenvalue weighted by atomic mass is 10.00. The quantitative estimate of drug-likeness (QED) is 0.809. The van der Waals surface area contributed by atoms with Crippen molar-refractivity contribution in [1.82, 2.24) is 10.2 Å². The van der Waals surface area contributed by atoms with Gasteiger partial charge in [-0.05, 0) is 31.6 Å². The fourth-order valence-corrected chi connectivity index (χ4v) is 2.42. The van der Waals surface area contributed by atoms with Crippen molar-refractivity contribution >= 4 is 12.0 Å². The van der Waals surface area contributed by atoms with Gasteiger partial charge in [0.05, 0.1) is 0 Å². The molecule has 0 spiro atoms. The molecule has 0 aromatic rings. The van der Waals surface area contributed by atoms with Crippen molar-refractivity contribution in [2.75, 3.05) is 6.54 Å². The third-order valence-corrected chi connectivity index (χ3v) is 3.57. The second-order valence-electron chi connectivity index (χ2n) is 5.26. The number of carboxylic acids is 1. The van der Waals surface area contributed by atoms with Gasteiger partial charge in [0.1, 0.15) is 6.04 Å². The van der Waals surface area contributed by atoms with Gasteiger partial charge in [-0.25, -0.2) is 9.59 Å². The first-order chi connectivity index (χ1) is 8.47. The normalized spacial score (nSPS) is 21.8. The molecule has 1 rings (SSSR count). The minimum absolute atomic E-state index is 0.115. The fourth-order valence-electron chi connectivity index (χ4n) is 2.42. The number of hydrogen-bond donors (Lipinski definition) is 2. The molecular formula is C13H24N2O3. The molecule has 2 atom stereocenters. The summed E-state index contributed by atoms with van der Waals surface area (Å²) in [4.78, 5) is 25.0. The summed E-state index contributed by atoms with van der Waals surface area (Å²) in [7, 11) is 0. The molecule has 0 aromatic heterocycles. The Kier molecular flexibility index (Phi) is 5.44. The zero-order valence-corrected chi connectivity index (χ0v) is 11.5. The lowest BCUT2D eigenvalue weighted by Gasteiger charge is -2.36. The molecule has 1 unspecified atom stereocenters. The molecule has 0 saturated carbocycles. The molecule has 2 N–H and O–H groups in total. The van der Waals surface area contributed by atoms with Gasteiger partial charge in [-0.15, -0.1) is 0 Å². The van der Waals surface area contributed by atoms with Crippen molar-refractivity contribution in [1.29, 1.82) is 0 Å². The van der Waals surface area contributed by atoms with Gasteiger partial charge in [-0.1, -0.05) is 20.8 Å². The van der Waals surface area contributed by atoms with Crippen molar-refractivity contribution in [2.45, 2.75) is 58.5 Å². The van der Waals surface area contributed by atoms with E-state index >= 15 is 0 Å². The van der Waals surface area contributed by atoms with Crippen LogP contribution in [0.15, 0.2) is 0 Å². The summed E-state index contributed by atoms with van der Waals surface area (Å²) in [5, 5.41) is 11.7. The SMILES string of the molecule is CCC1CCCCN1C(=O)N[C@H](C(=O)O)C(C)C. The molecule has 1 heterocycles. The average molecular weight is 256 g/mol. The maximum Gasteiger partial charge on any atom is 0.326 e. The highest BCUT2D eigenvalue weighted by molar-refractivity contribution is 5.83. The molecule has 1 saturated heterocycles. The lowest BCUT2D eigenvalue weighted by Crippen LogP contribution is -2.54. The predicted octanol–water partition coefficient (Wildman–Crippen LogP) is 2.07. The molecule has 5 nitrogen and oxygen atoms in total. The number of aliphatic carboxylic acids is 1. The van der Waals surface area contributed by atoms with E-state index in [1.165, 1.54) is 0 Å². The number of carbonyl (C=O) groups excluding carboxylic acids is 1. The summed E-state index contributed by atoms with van der Waals surface area (Å²) in [6, 6.07) is -0.792. The zero-order valence-electron chi connectivity index (χ0n) is 11.5. The number of nitrogens with zero attached hydrogens (tertiary/aromatic N) is 1. The van der Waals surface area contributed by atoms with Crippen molar-refractivity contribution in [3.8, 4) is 0 Å². The van der Waals surface area contributed by atoms with Crippen LogP contribution in [-0.4, -0.2) is 40.6 Å². The summed E-state index contributed by atoms with van der Waals surface area (Å²) in [6.07, 6.45) is 4.09. The van der Waals surface area contributed by atoms with Crippen LogP contribution in [0.2, 0.25) is 0 Å². The molecule has 2 amide bonds. The van der Waals surface area contributed by atoms with Crippen LogP contribution in [-0.2, 0) is 4.79 Å². The van der Waals surface area contributed by atoms with E-state index in [0.29, 0.717) is 0 Å². The van der Waals surface area contributed by atoms with Gasteiger partial charge in [0.25, 0.3) is 0 Å².